The molecule has 6 atom stereocenters. The Morgan fingerprint density at radius 2 is 2.25 bits per heavy atom. The predicted molar refractivity (Wildman–Crippen MR) is 55.3 cm³/mol. The third kappa shape index (κ3) is 1.26. The van der Waals surface area contributed by atoms with Gasteiger partial charge in [0.15, 0.2) is 6.29 Å². The summed E-state index contributed by atoms with van der Waals surface area (Å²) in [6.07, 6.45) is 1.17. The van der Waals surface area contributed by atoms with Gasteiger partial charge in [0.1, 0.15) is 6.10 Å². The molecule has 0 spiro atoms. The lowest BCUT2D eigenvalue weighted by Gasteiger charge is -2.27. The van der Waals surface area contributed by atoms with E-state index in [4.69, 9.17) is 9.47 Å². The van der Waals surface area contributed by atoms with Crippen molar-refractivity contribution >= 4 is 5.97 Å². The Morgan fingerprint density at radius 3 is 2.94 bits per heavy atom. The maximum absolute atomic E-state index is 11.5. The number of fused-ring (bicyclic) bond motifs is 1. The van der Waals surface area contributed by atoms with Gasteiger partial charge in [0.2, 0.25) is 0 Å². The quantitative estimate of drug-likeness (QED) is 0.558. The molecule has 0 aromatic carbocycles. The fraction of sp³-hybridized carbons (Fsp3) is 0.750. The van der Waals surface area contributed by atoms with E-state index in [9.17, 15) is 9.90 Å². The molecule has 0 aromatic heterocycles. The molecule has 2 bridgehead atoms. The first-order valence-corrected chi connectivity index (χ1v) is 5.78. The van der Waals surface area contributed by atoms with Gasteiger partial charge in [0, 0.05) is 5.57 Å². The molecule has 0 radical (unpaired) electrons. The van der Waals surface area contributed by atoms with E-state index in [0.29, 0.717) is 17.4 Å². The highest BCUT2D eigenvalue weighted by Crippen LogP contribution is 2.56. The van der Waals surface area contributed by atoms with Crippen molar-refractivity contribution in [2.45, 2.75) is 38.3 Å². The molecule has 3 rings (SSSR count). The molecule has 3 aliphatic rings. The summed E-state index contributed by atoms with van der Waals surface area (Å²) in [5, 5.41) is 9.78. The monoisotopic (exact) mass is 224 g/mol. The lowest BCUT2D eigenvalue weighted by atomic mass is 9.87. The Labute approximate surface area is 94.2 Å². The normalized spacial score (nSPS) is 48.4. The minimum Gasteiger partial charge on any atom is -0.458 e. The second kappa shape index (κ2) is 3.31. The molecule has 4 heteroatoms. The number of hydrogen-bond acceptors (Lipinski definition) is 4. The summed E-state index contributed by atoms with van der Waals surface area (Å²) >= 11 is 0. The average Bonchev–Trinajstić information content (AvgIpc) is 2.78. The fourth-order valence-electron chi connectivity index (χ4n) is 3.50. The van der Waals surface area contributed by atoms with E-state index < -0.39 is 6.29 Å². The van der Waals surface area contributed by atoms with Gasteiger partial charge in [0.25, 0.3) is 0 Å². The number of aliphatic hydroxyl groups is 1. The van der Waals surface area contributed by atoms with Gasteiger partial charge in [-0.25, -0.2) is 4.79 Å². The molecule has 3 fully saturated rings. The number of aliphatic hydroxyl groups excluding tert-OH is 1. The van der Waals surface area contributed by atoms with Crippen molar-refractivity contribution in [3.63, 3.8) is 0 Å². The van der Waals surface area contributed by atoms with Crippen LogP contribution < -0.4 is 0 Å². The van der Waals surface area contributed by atoms with Gasteiger partial charge in [0.05, 0.1) is 12.0 Å². The molecule has 0 amide bonds. The zero-order valence-corrected chi connectivity index (χ0v) is 9.26. The summed E-state index contributed by atoms with van der Waals surface area (Å²) in [5.41, 5.74) is 0.410. The van der Waals surface area contributed by atoms with E-state index in [0.717, 1.165) is 12.8 Å². The van der Waals surface area contributed by atoms with Crippen molar-refractivity contribution in [1.82, 2.24) is 0 Å². The fourth-order valence-corrected chi connectivity index (χ4v) is 3.50. The number of esters is 1. The molecule has 88 valence electrons. The van der Waals surface area contributed by atoms with Crippen LogP contribution >= 0.6 is 0 Å². The lowest BCUT2D eigenvalue weighted by Crippen LogP contribution is -2.36. The Balaban J connectivity index is 1.77. The van der Waals surface area contributed by atoms with Crippen LogP contribution in [-0.4, -0.2) is 29.6 Å². The molecule has 1 aliphatic heterocycles. The van der Waals surface area contributed by atoms with E-state index in [1.165, 1.54) is 0 Å². The number of carbonyl (C=O) groups excluding carboxylic acids is 1. The first-order valence-electron chi connectivity index (χ1n) is 5.78. The largest absolute Gasteiger partial charge is 0.458 e. The van der Waals surface area contributed by atoms with Crippen molar-refractivity contribution in [2.75, 3.05) is 0 Å². The van der Waals surface area contributed by atoms with Crippen LogP contribution in [0.15, 0.2) is 12.2 Å². The number of carbonyl (C=O) groups is 1. The Bertz CT molecular complexity index is 349. The summed E-state index contributed by atoms with van der Waals surface area (Å²) in [6.45, 7) is 5.21. The van der Waals surface area contributed by atoms with Crippen molar-refractivity contribution in [2.24, 2.45) is 17.8 Å². The molecular weight excluding hydrogens is 208 g/mol. The number of ether oxygens (including phenoxy) is 2. The van der Waals surface area contributed by atoms with Crippen LogP contribution in [0.1, 0.15) is 19.8 Å². The van der Waals surface area contributed by atoms with Gasteiger partial charge < -0.3 is 14.6 Å². The van der Waals surface area contributed by atoms with Crippen LogP contribution in [0.5, 0.6) is 0 Å². The molecular formula is C12H16O4. The maximum atomic E-state index is 11.5. The van der Waals surface area contributed by atoms with Crippen molar-refractivity contribution in [1.29, 1.82) is 0 Å². The van der Waals surface area contributed by atoms with E-state index in [2.05, 4.69) is 6.58 Å². The Hall–Kier alpha value is -0.870. The van der Waals surface area contributed by atoms with Gasteiger partial charge in [-0.1, -0.05) is 6.58 Å². The summed E-state index contributed by atoms with van der Waals surface area (Å²) in [6, 6.07) is 0. The summed E-state index contributed by atoms with van der Waals surface area (Å²) < 4.78 is 10.9. The van der Waals surface area contributed by atoms with Gasteiger partial charge >= 0.3 is 5.97 Å². The highest BCUT2D eigenvalue weighted by Gasteiger charge is 2.62. The van der Waals surface area contributed by atoms with Crippen LogP contribution in [0.4, 0.5) is 0 Å². The average molecular weight is 224 g/mol. The minimum atomic E-state index is -0.759. The van der Waals surface area contributed by atoms with E-state index in [-0.39, 0.29) is 24.1 Å². The van der Waals surface area contributed by atoms with E-state index >= 15 is 0 Å². The molecule has 6 unspecified atom stereocenters. The summed E-state index contributed by atoms with van der Waals surface area (Å²) in [5.74, 6) is 0.364. The first-order chi connectivity index (χ1) is 7.58. The zero-order chi connectivity index (χ0) is 11.4. The van der Waals surface area contributed by atoms with Crippen molar-refractivity contribution in [3.8, 4) is 0 Å². The van der Waals surface area contributed by atoms with Gasteiger partial charge in [-0.3, -0.25) is 0 Å². The SMILES string of the molecule is C=C(C)C(=O)OC1C2CC3OC(O)C1C3C2. The molecule has 2 aliphatic carbocycles. The number of hydrogen-bond donors (Lipinski definition) is 1. The third-order valence-corrected chi connectivity index (χ3v) is 4.16. The minimum absolute atomic E-state index is 0.0213. The Kier molecular flexibility index (Phi) is 2.13. The third-order valence-electron chi connectivity index (χ3n) is 4.16. The highest BCUT2D eigenvalue weighted by atomic mass is 16.6. The first kappa shape index (κ1) is 10.3. The summed E-state index contributed by atoms with van der Waals surface area (Å²) in [7, 11) is 0. The van der Waals surface area contributed by atoms with Crippen LogP contribution in [0.3, 0.4) is 0 Å². The molecule has 16 heavy (non-hydrogen) atoms. The molecule has 4 nitrogen and oxygen atoms in total. The van der Waals surface area contributed by atoms with Crippen LogP contribution in [0.25, 0.3) is 0 Å². The zero-order valence-electron chi connectivity index (χ0n) is 9.26. The van der Waals surface area contributed by atoms with Crippen LogP contribution in [0, 0.1) is 17.8 Å². The smallest absolute Gasteiger partial charge is 0.333 e. The van der Waals surface area contributed by atoms with Gasteiger partial charge in [-0.15, -0.1) is 0 Å². The molecule has 2 saturated carbocycles. The van der Waals surface area contributed by atoms with Crippen LogP contribution in [0.2, 0.25) is 0 Å². The maximum Gasteiger partial charge on any atom is 0.333 e. The van der Waals surface area contributed by atoms with Crippen molar-refractivity contribution < 1.29 is 19.4 Å². The standard InChI is InChI=1S/C12H16O4/c1-5(2)11(13)16-10-6-3-7-8(4-6)15-12(14)9(7)10/h6-10,12,14H,1,3-4H2,2H3. The number of rotatable bonds is 2. The lowest BCUT2D eigenvalue weighted by molar-refractivity contribution is -0.155. The Morgan fingerprint density at radius 1 is 1.50 bits per heavy atom. The van der Waals surface area contributed by atoms with Crippen LogP contribution in [-0.2, 0) is 14.3 Å². The summed E-state index contributed by atoms with van der Waals surface area (Å²) in [4.78, 5) is 11.5. The molecule has 1 N–H and O–H groups in total. The second-order valence-electron chi connectivity index (χ2n) is 5.19. The van der Waals surface area contributed by atoms with Crippen molar-refractivity contribution in [3.05, 3.63) is 12.2 Å². The second-order valence-corrected chi connectivity index (χ2v) is 5.19. The van der Waals surface area contributed by atoms with E-state index in [1.807, 2.05) is 0 Å². The molecule has 1 heterocycles. The topological polar surface area (TPSA) is 55.8 Å². The molecule has 1 saturated heterocycles. The van der Waals surface area contributed by atoms with Gasteiger partial charge in [-0.05, 0) is 31.6 Å². The molecule has 0 aromatic rings. The highest BCUT2D eigenvalue weighted by molar-refractivity contribution is 5.87. The predicted octanol–water partition coefficient (Wildman–Crippen LogP) is 0.847. The van der Waals surface area contributed by atoms with Gasteiger partial charge in [-0.2, -0.15) is 0 Å². The van der Waals surface area contributed by atoms with E-state index in [1.54, 1.807) is 6.92 Å².